The number of nitrogens with zero attached hydrogens (tertiary/aromatic N) is 5. The molecule has 10 aromatic rings. The first kappa shape index (κ1) is 32.1. The second kappa shape index (κ2) is 13.8. The lowest BCUT2D eigenvalue weighted by Crippen LogP contribution is -2.00. The minimum absolute atomic E-state index is 0.612. The third kappa shape index (κ3) is 6.32. The number of hydrogen-bond donors (Lipinski definition) is 0. The van der Waals surface area contributed by atoms with Gasteiger partial charge >= 0.3 is 0 Å². The van der Waals surface area contributed by atoms with Gasteiger partial charge in [-0.25, -0.2) is 24.9 Å². The molecular weight excluding hydrogens is 675 g/mol. The van der Waals surface area contributed by atoms with Crippen molar-refractivity contribution in [3.63, 3.8) is 0 Å². The monoisotopic (exact) mass is 705 g/mol. The Morgan fingerprint density at radius 2 is 0.691 bits per heavy atom. The number of fused-ring (bicyclic) bond motifs is 3. The van der Waals surface area contributed by atoms with Crippen molar-refractivity contribution in [3.8, 4) is 79.2 Å². The lowest BCUT2D eigenvalue weighted by Gasteiger charge is -2.12. The van der Waals surface area contributed by atoms with Crippen molar-refractivity contribution in [3.05, 3.63) is 188 Å². The highest BCUT2D eigenvalue weighted by atomic mass is 16.3. The smallest absolute Gasteiger partial charge is 0.164 e. The minimum Gasteiger partial charge on any atom is -0.456 e. The number of furan rings is 1. The van der Waals surface area contributed by atoms with Gasteiger partial charge in [0.25, 0.3) is 0 Å². The van der Waals surface area contributed by atoms with Crippen LogP contribution in [-0.4, -0.2) is 24.9 Å². The van der Waals surface area contributed by atoms with Crippen LogP contribution in [-0.2, 0) is 0 Å². The molecule has 0 N–H and O–H groups in total. The number of rotatable bonds is 7. The maximum absolute atomic E-state index is 6.12. The van der Waals surface area contributed by atoms with E-state index in [-0.39, 0.29) is 0 Å². The average molecular weight is 706 g/mol. The molecular formula is C49H31N5O. The Hall–Kier alpha value is -7.57. The van der Waals surface area contributed by atoms with Gasteiger partial charge in [0.1, 0.15) is 11.2 Å². The Bertz CT molecular complexity index is 2920. The summed E-state index contributed by atoms with van der Waals surface area (Å²) in [5, 5.41) is 2.11. The summed E-state index contributed by atoms with van der Waals surface area (Å²) >= 11 is 0. The predicted molar refractivity (Wildman–Crippen MR) is 221 cm³/mol. The molecule has 3 heterocycles. The molecule has 0 aliphatic heterocycles. The predicted octanol–water partition coefficient (Wildman–Crippen LogP) is 12.2. The minimum atomic E-state index is 0.612. The standard InChI is InChI=1S/C49H31N5O/c1-4-14-32(15-5-1)42-31-43(51-48(50-42)39-26-27-45-41(30-39)40-24-10-11-25-44(40)55-45)37-22-12-20-35(28-37)36-21-13-23-38(29-36)49-53-46(33-16-6-2-7-17-33)52-47(54-49)34-18-8-3-9-19-34/h1-31H. The van der Waals surface area contributed by atoms with E-state index < -0.39 is 0 Å². The van der Waals surface area contributed by atoms with Gasteiger partial charge in [-0.3, -0.25) is 0 Å². The van der Waals surface area contributed by atoms with Crippen molar-refractivity contribution in [1.82, 2.24) is 24.9 Å². The molecule has 10 rings (SSSR count). The summed E-state index contributed by atoms with van der Waals surface area (Å²) in [5.41, 5.74) is 11.2. The molecule has 0 unspecified atom stereocenters. The van der Waals surface area contributed by atoms with Crippen molar-refractivity contribution in [2.45, 2.75) is 0 Å². The van der Waals surface area contributed by atoms with Gasteiger partial charge in [-0.1, -0.05) is 146 Å². The Balaban J connectivity index is 1.06. The van der Waals surface area contributed by atoms with E-state index in [1.165, 1.54) is 0 Å². The van der Waals surface area contributed by atoms with E-state index in [0.717, 1.165) is 77.8 Å². The van der Waals surface area contributed by atoms with Gasteiger partial charge in [0.15, 0.2) is 23.3 Å². The lowest BCUT2D eigenvalue weighted by atomic mass is 9.99. The number of para-hydroxylation sites is 1. The van der Waals surface area contributed by atoms with E-state index in [0.29, 0.717) is 23.3 Å². The summed E-state index contributed by atoms with van der Waals surface area (Å²) in [6.07, 6.45) is 0. The molecule has 0 fully saturated rings. The maximum Gasteiger partial charge on any atom is 0.164 e. The molecule has 0 saturated heterocycles. The van der Waals surface area contributed by atoms with Crippen LogP contribution in [0, 0.1) is 0 Å². The fourth-order valence-electron chi connectivity index (χ4n) is 6.98. The van der Waals surface area contributed by atoms with Crippen LogP contribution < -0.4 is 0 Å². The zero-order chi connectivity index (χ0) is 36.6. The summed E-state index contributed by atoms with van der Waals surface area (Å²) in [7, 11) is 0. The highest BCUT2D eigenvalue weighted by Crippen LogP contribution is 2.35. The summed E-state index contributed by atoms with van der Waals surface area (Å²) in [6.45, 7) is 0. The summed E-state index contributed by atoms with van der Waals surface area (Å²) in [6, 6.07) is 63.5. The molecule has 0 saturated carbocycles. The Kier molecular flexibility index (Phi) is 8.04. The van der Waals surface area contributed by atoms with Crippen molar-refractivity contribution in [1.29, 1.82) is 0 Å². The van der Waals surface area contributed by atoms with E-state index in [9.17, 15) is 0 Å². The quantitative estimate of drug-likeness (QED) is 0.164. The Morgan fingerprint density at radius 1 is 0.255 bits per heavy atom. The number of aromatic nitrogens is 5. The van der Waals surface area contributed by atoms with Crippen molar-refractivity contribution in [2.75, 3.05) is 0 Å². The molecule has 0 aliphatic carbocycles. The van der Waals surface area contributed by atoms with Gasteiger partial charge in [0.05, 0.1) is 11.4 Å². The van der Waals surface area contributed by atoms with Crippen LogP contribution >= 0.6 is 0 Å². The van der Waals surface area contributed by atoms with Crippen LogP contribution in [0.2, 0.25) is 0 Å². The van der Waals surface area contributed by atoms with Crippen LogP contribution in [0.15, 0.2) is 192 Å². The van der Waals surface area contributed by atoms with Gasteiger partial charge < -0.3 is 4.42 Å². The summed E-state index contributed by atoms with van der Waals surface area (Å²) < 4.78 is 6.12. The lowest BCUT2D eigenvalue weighted by molar-refractivity contribution is 0.669. The van der Waals surface area contributed by atoms with E-state index in [2.05, 4.69) is 78.9 Å². The molecule has 0 amide bonds. The van der Waals surface area contributed by atoms with Crippen LogP contribution in [0.25, 0.3) is 101 Å². The molecule has 6 heteroatoms. The van der Waals surface area contributed by atoms with E-state index in [1.807, 2.05) is 109 Å². The molecule has 258 valence electrons. The van der Waals surface area contributed by atoms with E-state index in [4.69, 9.17) is 29.3 Å². The van der Waals surface area contributed by atoms with E-state index in [1.54, 1.807) is 0 Å². The van der Waals surface area contributed by atoms with Gasteiger partial charge in [-0.15, -0.1) is 0 Å². The van der Waals surface area contributed by atoms with Gasteiger partial charge in [0.2, 0.25) is 0 Å². The summed E-state index contributed by atoms with van der Waals surface area (Å²) in [4.78, 5) is 25.1. The fourth-order valence-corrected chi connectivity index (χ4v) is 6.98. The third-order valence-electron chi connectivity index (χ3n) is 9.74. The normalized spacial score (nSPS) is 11.3. The second-order valence-corrected chi connectivity index (χ2v) is 13.3. The second-order valence-electron chi connectivity index (χ2n) is 13.3. The molecule has 3 aromatic heterocycles. The summed E-state index contributed by atoms with van der Waals surface area (Å²) in [5.74, 6) is 2.52. The Morgan fingerprint density at radius 3 is 1.35 bits per heavy atom. The van der Waals surface area contributed by atoms with Crippen LogP contribution in [0.1, 0.15) is 0 Å². The Labute approximate surface area is 317 Å². The molecule has 0 spiro atoms. The molecule has 6 nitrogen and oxygen atoms in total. The third-order valence-corrected chi connectivity index (χ3v) is 9.74. The first-order chi connectivity index (χ1) is 27.2. The molecule has 0 aliphatic rings. The zero-order valence-corrected chi connectivity index (χ0v) is 29.5. The first-order valence-corrected chi connectivity index (χ1v) is 18.2. The fraction of sp³-hybridized carbons (Fsp3) is 0. The topological polar surface area (TPSA) is 77.6 Å². The van der Waals surface area contributed by atoms with Crippen molar-refractivity contribution in [2.24, 2.45) is 0 Å². The molecule has 0 radical (unpaired) electrons. The largest absolute Gasteiger partial charge is 0.456 e. The van der Waals surface area contributed by atoms with Crippen LogP contribution in [0.5, 0.6) is 0 Å². The number of hydrogen-bond acceptors (Lipinski definition) is 6. The van der Waals surface area contributed by atoms with Gasteiger partial charge in [-0.05, 0) is 53.6 Å². The van der Waals surface area contributed by atoms with Crippen LogP contribution in [0.4, 0.5) is 0 Å². The van der Waals surface area contributed by atoms with Crippen molar-refractivity contribution < 1.29 is 4.42 Å². The van der Waals surface area contributed by atoms with Crippen molar-refractivity contribution >= 4 is 21.9 Å². The molecule has 7 aromatic carbocycles. The van der Waals surface area contributed by atoms with Gasteiger partial charge in [-0.2, -0.15) is 0 Å². The average Bonchev–Trinajstić information content (AvgIpc) is 3.65. The highest BCUT2D eigenvalue weighted by molar-refractivity contribution is 6.06. The van der Waals surface area contributed by atoms with Crippen LogP contribution in [0.3, 0.4) is 0 Å². The zero-order valence-electron chi connectivity index (χ0n) is 29.5. The number of benzene rings is 7. The van der Waals surface area contributed by atoms with E-state index >= 15 is 0 Å². The van der Waals surface area contributed by atoms with Gasteiger partial charge in [0, 0.05) is 44.2 Å². The molecule has 0 bridgehead atoms. The first-order valence-electron chi connectivity index (χ1n) is 18.2. The highest BCUT2D eigenvalue weighted by Gasteiger charge is 2.16. The molecule has 0 atom stereocenters. The SMILES string of the molecule is c1ccc(-c2cc(-c3cccc(-c4cccc(-c5nc(-c6ccccc6)nc(-c6ccccc6)n5)c4)c3)nc(-c3ccc4oc5ccccc5c4c3)n2)cc1. The maximum atomic E-state index is 6.12. The molecule has 55 heavy (non-hydrogen) atoms.